The first-order chi connectivity index (χ1) is 15.4. The fraction of sp³-hybridized carbons (Fsp3) is 0.455. The summed E-state index contributed by atoms with van der Waals surface area (Å²) in [7, 11) is 0. The average molecular weight is 469 g/mol. The third-order valence-corrected chi connectivity index (χ3v) is 5.17. The molecular weight excluding hydrogens is 445 g/mol. The second kappa shape index (κ2) is 10.1. The van der Waals surface area contributed by atoms with Gasteiger partial charge in [-0.05, 0) is 18.2 Å². The quantitative estimate of drug-likeness (QED) is 0.611. The van der Waals surface area contributed by atoms with E-state index in [1.165, 1.54) is 37.1 Å². The van der Waals surface area contributed by atoms with Crippen molar-refractivity contribution < 1.29 is 26.7 Å². The highest BCUT2D eigenvalue weighted by Crippen LogP contribution is 2.40. The van der Waals surface area contributed by atoms with Gasteiger partial charge in [-0.1, -0.05) is 27.7 Å². The topological polar surface area (TPSA) is 81.9 Å². The fourth-order valence-electron chi connectivity index (χ4n) is 3.44. The molecule has 1 aliphatic rings. The maximum absolute atomic E-state index is 14.2. The molecule has 33 heavy (non-hydrogen) atoms. The van der Waals surface area contributed by atoms with Crippen LogP contribution in [0.2, 0.25) is 0 Å². The zero-order valence-corrected chi connectivity index (χ0v) is 18.5. The summed E-state index contributed by atoms with van der Waals surface area (Å²) in [6.07, 6.45) is -2.91. The summed E-state index contributed by atoms with van der Waals surface area (Å²) in [5.74, 6) is -6.16. The number of hydrogen-bond donors (Lipinski definition) is 1. The van der Waals surface area contributed by atoms with Gasteiger partial charge in [0.15, 0.2) is 0 Å². The number of nitrogens with one attached hydrogen (secondary N) is 1. The Kier molecular flexibility index (Phi) is 7.95. The van der Waals surface area contributed by atoms with Gasteiger partial charge < -0.3 is 10.2 Å². The average Bonchev–Trinajstić information content (AvgIpc) is 2.78. The number of amides is 1. The van der Waals surface area contributed by atoms with Crippen molar-refractivity contribution in [2.45, 2.75) is 39.8 Å². The van der Waals surface area contributed by atoms with Crippen molar-refractivity contribution in [1.82, 2.24) is 9.97 Å². The number of carbonyl (C=O) groups is 1. The van der Waals surface area contributed by atoms with Crippen molar-refractivity contribution in [3.8, 4) is 6.07 Å². The molecule has 0 spiro atoms. The molecule has 11 heteroatoms. The minimum atomic E-state index is -4.75. The second-order valence-electron chi connectivity index (χ2n) is 7.47. The first kappa shape index (κ1) is 26.0. The Bertz CT molecular complexity index is 1020. The van der Waals surface area contributed by atoms with Gasteiger partial charge in [-0.3, -0.25) is 4.79 Å². The van der Waals surface area contributed by atoms with E-state index in [1.807, 2.05) is 13.8 Å². The lowest BCUT2D eigenvalue weighted by Gasteiger charge is -2.42. The number of alkyl halides is 5. The van der Waals surface area contributed by atoms with Crippen molar-refractivity contribution in [2.24, 2.45) is 11.8 Å². The van der Waals surface area contributed by atoms with Gasteiger partial charge in [0.1, 0.15) is 17.6 Å². The van der Waals surface area contributed by atoms with Gasteiger partial charge in [0.2, 0.25) is 0 Å². The van der Waals surface area contributed by atoms with Gasteiger partial charge in [0.25, 0.3) is 11.8 Å². The minimum absolute atomic E-state index is 0.00102. The Balaban J connectivity index is 0.00000187. The summed E-state index contributed by atoms with van der Waals surface area (Å²) in [6.45, 7) is 6.33. The van der Waals surface area contributed by atoms with Crippen molar-refractivity contribution in [2.75, 3.05) is 23.3 Å². The molecule has 1 saturated heterocycles. The number of aromatic nitrogens is 2. The van der Waals surface area contributed by atoms with E-state index >= 15 is 0 Å². The third-order valence-electron chi connectivity index (χ3n) is 5.17. The van der Waals surface area contributed by atoms with Crippen LogP contribution >= 0.6 is 0 Å². The molecule has 2 unspecified atom stereocenters. The number of pyridine rings is 2. The zero-order chi connectivity index (χ0) is 25.0. The van der Waals surface area contributed by atoms with Crippen LogP contribution in [0.1, 0.15) is 49.3 Å². The maximum Gasteiger partial charge on any atom is 0.417 e. The van der Waals surface area contributed by atoms with Crippen molar-refractivity contribution in [1.29, 1.82) is 5.26 Å². The van der Waals surface area contributed by atoms with Crippen LogP contribution in [0, 0.1) is 23.2 Å². The zero-order valence-electron chi connectivity index (χ0n) is 18.5. The maximum atomic E-state index is 14.2. The summed E-state index contributed by atoms with van der Waals surface area (Å²) in [4.78, 5) is 21.8. The normalized spacial score (nSPS) is 19.7. The van der Waals surface area contributed by atoms with Gasteiger partial charge >= 0.3 is 6.18 Å². The van der Waals surface area contributed by atoms with Crippen LogP contribution in [0.25, 0.3) is 0 Å². The Morgan fingerprint density at radius 1 is 1.18 bits per heavy atom. The molecule has 6 nitrogen and oxygen atoms in total. The predicted molar refractivity (Wildman–Crippen MR) is 113 cm³/mol. The van der Waals surface area contributed by atoms with Crippen LogP contribution in [0.5, 0.6) is 0 Å². The second-order valence-corrected chi connectivity index (χ2v) is 7.47. The number of nitrogens with zero attached hydrogens (tertiary/aromatic N) is 4. The molecule has 0 bridgehead atoms. The van der Waals surface area contributed by atoms with Gasteiger partial charge in [0, 0.05) is 43.0 Å². The SMILES string of the molecule is CC.CC1CN(c2ncc(C(F)(F)F)cc2C(=O)Nc2ccnc(C#N)c2)CC(C)C1(F)F. The van der Waals surface area contributed by atoms with Crippen LogP contribution in [-0.4, -0.2) is 34.9 Å². The summed E-state index contributed by atoms with van der Waals surface area (Å²) in [5.41, 5.74) is -1.40. The number of rotatable bonds is 3. The molecule has 2 aromatic heterocycles. The molecule has 1 amide bonds. The van der Waals surface area contributed by atoms with E-state index in [4.69, 9.17) is 5.26 Å². The molecule has 1 aliphatic heterocycles. The van der Waals surface area contributed by atoms with E-state index in [1.54, 1.807) is 6.07 Å². The Morgan fingerprint density at radius 3 is 2.33 bits per heavy atom. The predicted octanol–water partition coefficient (Wildman–Crippen LogP) is 5.37. The van der Waals surface area contributed by atoms with Crippen LogP contribution in [0.3, 0.4) is 0 Å². The smallest absolute Gasteiger partial charge is 0.355 e. The highest BCUT2D eigenvalue weighted by atomic mass is 19.4. The largest absolute Gasteiger partial charge is 0.417 e. The van der Waals surface area contributed by atoms with Gasteiger partial charge in [-0.2, -0.15) is 18.4 Å². The van der Waals surface area contributed by atoms with Crippen LogP contribution in [-0.2, 0) is 6.18 Å². The lowest BCUT2D eigenvalue weighted by Crippen LogP contribution is -2.52. The molecule has 1 fully saturated rings. The monoisotopic (exact) mass is 469 g/mol. The summed E-state index contributed by atoms with van der Waals surface area (Å²) in [5, 5.41) is 11.3. The highest BCUT2D eigenvalue weighted by Gasteiger charge is 2.48. The van der Waals surface area contributed by atoms with E-state index in [2.05, 4.69) is 15.3 Å². The molecule has 2 atom stereocenters. The molecule has 178 valence electrons. The molecule has 0 saturated carbocycles. The van der Waals surface area contributed by atoms with Crippen LogP contribution in [0.15, 0.2) is 30.6 Å². The van der Waals surface area contributed by atoms with Crippen LogP contribution < -0.4 is 10.2 Å². The lowest BCUT2D eigenvalue weighted by atomic mass is 9.87. The van der Waals surface area contributed by atoms with Crippen LogP contribution in [0.4, 0.5) is 33.5 Å². The highest BCUT2D eigenvalue weighted by molar-refractivity contribution is 6.07. The van der Waals surface area contributed by atoms with E-state index in [0.717, 1.165) is 0 Å². The molecular formula is C22H24F5N5O. The first-order valence-corrected chi connectivity index (χ1v) is 10.3. The number of nitriles is 1. The van der Waals surface area contributed by atoms with E-state index in [0.29, 0.717) is 12.3 Å². The minimum Gasteiger partial charge on any atom is -0.355 e. The first-order valence-electron chi connectivity index (χ1n) is 10.3. The molecule has 3 rings (SSSR count). The molecule has 0 aromatic carbocycles. The number of piperidine rings is 1. The van der Waals surface area contributed by atoms with E-state index in [-0.39, 0.29) is 30.3 Å². The molecule has 3 heterocycles. The molecule has 2 aromatic rings. The number of anilines is 2. The van der Waals surface area contributed by atoms with Crippen molar-refractivity contribution in [3.05, 3.63) is 47.4 Å². The summed E-state index contributed by atoms with van der Waals surface area (Å²) in [6, 6.07) is 5.05. The van der Waals surface area contributed by atoms with Gasteiger partial charge in [-0.25, -0.2) is 18.7 Å². The standard InChI is InChI=1S/C20H18F5N5O.C2H6/c1-11-9-30(10-12(2)19(11,21)22)17-16(5-13(8-28-17)20(23,24)25)18(31)29-14-3-4-27-15(6-14)7-26;1-2/h3-6,8,11-12H,9-10H2,1-2H3,(H,27,29,31);1-2H3. The van der Waals surface area contributed by atoms with E-state index < -0.39 is 41.0 Å². The molecule has 1 N–H and O–H groups in total. The van der Waals surface area contributed by atoms with Crippen molar-refractivity contribution in [3.63, 3.8) is 0 Å². The summed E-state index contributed by atoms with van der Waals surface area (Å²) >= 11 is 0. The molecule has 0 aliphatic carbocycles. The lowest BCUT2D eigenvalue weighted by molar-refractivity contribution is -0.137. The van der Waals surface area contributed by atoms with Gasteiger partial charge in [-0.15, -0.1) is 0 Å². The number of hydrogen-bond acceptors (Lipinski definition) is 5. The Hall–Kier alpha value is -3.29. The molecule has 0 radical (unpaired) electrons. The number of halogens is 5. The van der Waals surface area contributed by atoms with Gasteiger partial charge in [0.05, 0.1) is 11.1 Å². The van der Waals surface area contributed by atoms with Crippen molar-refractivity contribution >= 4 is 17.4 Å². The summed E-state index contributed by atoms with van der Waals surface area (Å²) < 4.78 is 68.1. The third kappa shape index (κ3) is 5.74. The number of carbonyl (C=O) groups excluding carboxylic acids is 1. The van der Waals surface area contributed by atoms with E-state index in [9.17, 15) is 26.7 Å². The fourth-order valence-corrected chi connectivity index (χ4v) is 3.44. The Labute approximate surface area is 188 Å². The Morgan fingerprint density at radius 2 is 1.79 bits per heavy atom.